The van der Waals surface area contributed by atoms with Gasteiger partial charge in [-0.2, -0.15) is 13.2 Å². The van der Waals surface area contributed by atoms with Crippen molar-refractivity contribution in [3.05, 3.63) is 0 Å². The number of hydrogen-bond acceptors (Lipinski definition) is 3. The van der Waals surface area contributed by atoms with Crippen molar-refractivity contribution in [1.82, 2.24) is 9.80 Å². The van der Waals surface area contributed by atoms with Gasteiger partial charge in [0.05, 0.1) is 11.5 Å². The van der Waals surface area contributed by atoms with Crippen molar-refractivity contribution in [2.24, 2.45) is 5.92 Å². The highest BCUT2D eigenvalue weighted by atomic mass is 19.4. The molecule has 0 aromatic heterocycles. The highest BCUT2D eigenvalue weighted by Gasteiger charge is 2.43. The molecule has 2 fully saturated rings. The minimum absolute atomic E-state index is 0.0396. The Morgan fingerprint density at radius 1 is 1.20 bits per heavy atom. The molecule has 2 aliphatic rings. The topological polar surface area (TPSA) is 26.7 Å². The number of alkyl halides is 3. The van der Waals surface area contributed by atoms with E-state index >= 15 is 0 Å². The second-order valence-electron chi connectivity index (χ2n) is 6.31. The largest absolute Gasteiger partial charge is 0.393 e. The molecule has 20 heavy (non-hydrogen) atoms. The zero-order valence-corrected chi connectivity index (χ0v) is 12.1. The van der Waals surface area contributed by atoms with Gasteiger partial charge in [0, 0.05) is 19.6 Å². The van der Waals surface area contributed by atoms with Crippen molar-refractivity contribution in [2.75, 3.05) is 39.3 Å². The lowest BCUT2D eigenvalue weighted by Gasteiger charge is -2.43. The third-order valence-electron chi connectivity index (χ3n) is 4.57. The summed E-state index contributed by atoms with van der Waals surface area (Å²) in [5, 5.41) is 10.6. The number of aliphatic hydroxyl groups is 1. The van der Waals surface area contributed by atoms with Crippen molar-refractivity contribution in [2.45, 2.75) is 44.4 Å². The lowest BCUT2D eigenvalue weighted by molar-refractivity contribution is -0.189. The van der Waals surface area contributed by atoms with Crippen LogP contribution in [-0.4, -0.2) is 66.0 Å². The van der Waals surface area contributed by atoms with E-state index in [-0.39, 0.29) is 13.0 Å². The van der Waals surface area contributed by atoms with Gasteiger partial charge in [-0.1, -0.05) is 6.92 Å². The van der Waals surface area contributed by atoms with Crippen molar-refractivity contribution in [1.29, 1.82) is 0 Å². The summed E-state index contributed by atoms with van der Waals surface area (Å²) in [4.78, 5) is 3.98. The molecule has 0 amide bonds. The number of likely N-dealkylation sites (tertiary alicyclic amines) is 2. The Hall–Kier alpha value is -0.330. The quantitative estimate of drug-likeness (QED) is 0.863. The summed E-state index contributed by atoms with van der Waals surface area (Å²) in [6.07, 6.45) is -1.71. The predicted molar refractivity (Wildman–Crippen MR) is 71.5 cm³/mol. The normalized spacial score (nSPS) is 34.4. The zero-order valence-electron chi connectivity index (χ0n) is 12.1. The number of piperidine rings is 2. The van der Waals surface area contributed by atoms with E-state index < -0.39 is 17.7 Å². The first-order chi connectivity index (χ1) is 9.32. The molecule has 0 bridgehead atoms. The molecule has 0 aromatic rings. The smallest absolute Gasteiger partial charge is 0.387 e. The van der Waals surface area contributed by atoms with Gasteiger partial charge in [-0.25, -0.2) is 0 Å². The van der Waals surface area contributed by atoms with Crippen LogP contribution in [0.2, 0.25) is 0 Å². The lowest BCUT2D eigenvalue weighted by Crippen LogP contribution is -2.56. The van der Waals surface area contributed by atoms with Crippen LogP contribution >= 0.6 is 0 Å². The van der Waals surface area contributed by atoms with E-state index in [2.05, 4.69) is 4.90 Å². The SMILES string of the molecule is CCN1CCC[C@@](O)(CN2CCC[C@H](C(F)(F)F)C2)C1. The predicted octanol–water partition coefficient (Wildman–Crippen LogP) is 2.11. The second-order valence-corrected chi connectivity index (χ2v) is 6.31. The lowest BCUT2D eigenvalue weighted by atomic mass is 9.90. The van der Waals surface area contributed by atoms with Gasteiger partial charge in [0.25, 0.3) is 0 Å². The Kier molecular flexibility index (Phi) is 4.97. The van der Waals surface area contributed by atoms with Gasteiger partial charge in [-0.05, 0) is 45.3 Å². The van der Waals surface area contributed by atoms with E-state index in [9.17, 15) is 18.3 Å². The minimum Gasteiger partial charge on any atom is -0.387 e. The fourth-order valence-electron chi connectivity index (χ4n) is 3.49. The van der Waals surface area contributed by atoms with Gasteiger partial charge in [0.2, 0.25) is 0 Å². The summed E-state index contributed by atoms with van der Waals surface area (Å²) in [5.74, 6) is -1.23. The Balaban J connectivity index is 1.91. The van der Waals surface area contributed by atoms with E-state index in [1.54, 1.807) is 4.90 Å². The standard InChI is InChI=1S/C14H25F3N2O/c1-2-18-8-4-6-13(20,10-18)11-19-7-3-5-12(9-19)14(15,16)17/h12,20H,2-11H2,1H3/t12-,13-/m0/s1. The average Bonchev–Trinajstić information content (AvgIpc) is 2.37. The van der Waals surface area contributed by atoms with E-state index in [0.717, 1.165) is 19.5 Å². The van der Waals surface area contributed by atoms with Crippen LogP contribution in [0.1, 0.15) is 32.6 Å². The van der Waals surface area contributed by atoms with Crippen LogP contribution < -0.4 is 0 Å². The molecule has 0 unspecified atom stereocenters. The second kappa shape index (κ2) is 6.20. The number of nitrogens with zero attached hydrogens (tertiary/aromatic N) is 2. The molecule has 0 aliphatic carbocycles. The van der Waals surface area contributed by atoms with E-state index in [1.165, 1.54) is 0 Å². The molecule has 2 rings (SSSR count). The number of hydrogen-bond donors (Lipinski definition) is 1. The van der Waals surface area contributed by atoms with Gasteiger partial charge in [-0.3, -0.25) is 4.90 Å². The number of likely N-dealkylation sites (N-methyl/N-ethyl adjacent to an activating group) is 1. The van der Waals surface area contributed by atoms with Crippen LogP contribution in [0.25, 0.3) is 0 Å². The maximum absolute atomic E-state index is 12.8. The van der Waals surface area contributed by atoms with E-state index in [4.69, 9.17) is 0 Å². The molecule has 2 heterocycles. The number of halogens is 3. The molecule has 3 nitrogen and oxygen atoms in total. The highest BCUT2D eigenvalue weighted by molar-refractivity contribution is 4.91. The first-order valence-corrected chi connectivity index (χ1v) is 7.56. The molecule has 0 aromatic carbocycles. The molecule has 0 radical (unpaired) electrons. The number of β-amino-alcohol motifs (C(OH)–C–C–N with tert-alkyl or cyclic N) is 1. The Labute approximate surface area is 118 Å². The maximum atomic E-state index is 12.8. The monoisotopic (exact) mass is 294 g/mol. The first-order valence-electron chi connectivity index (χ1n) is 7.56. The Bertz CT molecular complexity index is 324. The summed E-state index contributed by atoms with van der Waals surface area (Å²) in [6.45, 7) is 5.56. The van der Waals surface area contributed by atoms with Crippen LogP contribution in [-0.2, 0) is 0 Å². The fourth-order valence-corrected chi connectivity index (χ4v) is 3.49. The molecule has 0 spiro atoms. The summed E-state index contributed by atoms with van der Waals surface area (Å²) >= 11 is 0. The molecule has 2 saturated heterocycles. The van der Waals surface area contributed by atoms with E-state index in [1.807, 2.05) is 6.92 Å². The van der Waals surface area contributed by atoms with Crippen molar-refractivity contribution in [3.8, 4) is 0 Å². The molecule has 118 valence electrons. The zero-order chi connectivity index (χ0) is 14.8. The molecular weight excluding hydrogens is 269 g/mol. The van der Waals surface area contributed by atoms with Crippen LogP contribution in [0.15, 0.2) is 0 Å². The van der Waals surface area contributed by atoms with Crippen molar-refractivity contribution >= 4 is 0 Å². The minimum atomic E-state index is -4.11. The van der Waals surface area contributed by atoms with Gasteiger partial charge >= 0.3 is 6.18 Å². The summed E-state index contributed by atoms with van der Waals surface area (Å²) in [5.41, 5.74) is -0.845. The van der Waals surface area contributed by atoms with Gasteiger partial charge in [0.15, 0.2) is 0 Å². The third-order valence-corrected chi connectivity index (χ3v) is 4.57. The molecule has 2 atom stereocenters. The summed E-state index contributed by atoms with van der Waals surface area (Å²) < 4.78 is 38.4. The maximum Gasteiger partial charge on any atom is 0.393 e. The van der Waals surface area contributed by atoms with Gasteiger partial charge in [0.1, 0.15) is 0 Å². The van der Waals surface area contributed by atoms with Gasteiger partial charge < -0.3 is 10.0 Å². The third kappa shape index (κ3) is 4.09. The van der Waals surface area contributed by atoms with Crippen LogP contribution in [0, 0.1) is 5.92 Å². The Morgan fingerprint density at radius 2 is 1.90 bits per heavy atom. The van der Waals surface area contributed by atoms with Crippen LogP contribution in [0.4, 0.5) is 13.2 Å². The highest BCUT2D eigenvalue weighted by Crippen LogP contribution is 2.34. The fraction of sp³-hybridized carbons (Fsp3) is 1.00. The number of rotatable bonds is 3. The van der Waals surface area contributed by atoms with Crippen LogP contribution in [0.5, 0.6) is 0 Å². The molecular formula is C14H25F3N2O. The molecule has 2 aliphatic heterocycles. The average molecular weight is 294 g/mol. The van der Waals surface area contributed by atoms with Crippen molar-refractivity contribution in [3.63, 3.8) is 0 Å². The van der Waals surface area contributed by atoms with Gasteiger partial charge in [-0.15, -0.1) is 0 Å². The molecule has 6 heteroatoms. The summed E-state index contributed by atoms with van der Waals surface area (Å²) in [6, 6.07) is 0. The summed E-state index contributed by atoms with van der Waals surface area (Å²) in [7, 11) is 0. The molecule has 1 N–H and O–H groups in total. The van der Waals surface area contributed by atoms with Crippen LogP contribution in [0.3, 0.4) is 0 Å². The van der Waals surface area contributed by atoms with Crippen molar-refractivity contribution < 1.29 is 18.3 Å². The first kappa shape index (κ1) is 16.0. The Morgan fingerprint density at radius 3 is 2.55 bits per heavy atom. The molecule has 0 saturated carbocycles. The van der Waals surface area contributed by atoms with E-state index in [0.29, 0.717) is 32.5 Å².